The number of hydrogen-bond acceptors (Lipinski definition) is 3. The summed E-state index contributed by atoms with van der Waals surface area (Å²) in [4.78, 5) is 13.9. The molecule has 96 valence electrons. The van der Waals surface area contributed by atoms with Gasteiger partial charge in [-0.15, -0.1) is 0 Å². The van der Waals surface area contributed by atoms with Crippen molar-refractivity contribution >= 4 is 5.91 Å². The lowest BCUT2D eigenvalue weighted by Crippen LogP contribution is -2.53. The molecule has 0 aromatic carbocycles. The molecule has 17 heavy (non-hydrogen) atoms. The lowest BCUT2D eigenvalue weighted by Gasteiger charge is -2.30. The summed E-state index contributed by atoms with van der Waals surface area (Å²) in [6, 6.07) is 1.88. The monoisotopic (exact) mass is 238 g/mol. The van der Waals surface area contributed by atoms with Crippen LogP contribution in [-0.2, 0) is 11.3 Å². The molecule has 0 unspecified atom stereocenters. The number of rotatable bonds is 5. The summed E-state index contributed by atoms with van der Waals surface area (Å²) in [6.07, 6.45) is 2.94. The topological polar surface area (TPSA) is 59.5 Å². The van der Waals surface area contributed by atoms with Crippen LogP contribution in [0.1, 0.15) is 38.0 Å². The molecule has 0 fully saturated rings. The van der Waals surface area contributed by atoms with Gasteiger partial charge in [-0.25, -0.2) is 0 Å². The number of aryl methyl sites for hydroxylation is 1. The van der Waals surface area contributed by atoms with Crippen molar-refractivity contribution < 1.29 is 9.21 Å². The number of likely N-dealkylation sites (N-methyl/N-ethyl adjacent to an activating group) is 1. The predicted molar refractivity (Wildman–Crippen MR) is 67.4 cm³/mol. The highest BCUT2D eigenvalue weighted by Crippen LogP contribution is 2.17. The van der Waals surface area contributed by atoms with E-state index in [0.717, 1.165) is 11.3 Å². The van der Waals surface area contributed by atoms with Gasteiger partial charge in [0.05, 0.1) is 11.8 Å². The van der Waals surface area contributed by atoms with Crippen LogP contribution in [0.25, 0.3) is 0 Å². The Balaban J connectivity index is 2.74. The van der Waals surface area contributed by atoms with Gasteiger partial charge in [0.2, 0.25) is 5.91 Å². The first-order valence-electron chi connectivity index (χ1n) is 6.02. The van der Waals surface area contributed by atoms with Gasteiger partial charge in [-0.3, -0.25) is 4.79 Å². The number of furan rings is 1. The molecule has 0 atom stereocenters. The zero-order chi connectivity index (χ0) is 13.1. The summed E-state index contributed by atoms with van der Waals surface area (Å²) in [5, 5.41) is 0. The van der Waals surface area contributed by atoms with Crippen molar-refractivity contribution in [3.8, 4) is 0 Å². The summed E-state index contributed by atoms with van der Waals surface area (Å²) < 4.78 is 5.21. The molecule has 0 aliphatic heterocycles. The third kappa shape index (κ3) is 2.88. The molecular formula is C13H22N2O2. The first-order chi connectivity index (χ1) is 7.94. The molecule has 1 amide bonds. The highest BCUT2D eigenvalue weighted by atomic mass is 16.3. The number of nitrogens with two attached hydrogens (primary N) is 1. The Labute approximate surface area is 103 Å². The molecule has 0 saturated carbocycles. The van der Waals surface area contributed by atoms with Crippen LogP contribution in [-0.4, -0.2) is 23.4 Å². The van der Waals surface area contributed by atoms with Crippen LogP contribution in [0.3, 0.4) is 0 Å². The number of hydrogen-bond donors (Lipinski definition) is 1. The maximum Gasteiger partial charge on any atom is 0.242 e. The average Bonchev–Trinajstić information content (AvgIpc) is 2.73. The lowest BCUT2D eigenvalue weighted by molar-refractivity contribution is -0.136. The molecule has 0 saturated heterocycles. The van der Waals surface area contributed by atoms with Crippen LogP contribution in [0, 0.1) is 6.92 Å². The minimum atomic E-state index is -0.744. The second kappa shape index (κ2) is 5.36. The molecule has 2 N–H and O–H groups in total. The highest BCUT2D eigenvalue weighted by Gasteiger charge is 2.32. The highest BCUT2D eigenvalue weighted by molar-refractivity contribution is 5.85. The van der Waals surface area contributed by atoms with E-state index in [1.807, 2.05) is 26.8 Å². The third-order valence-electron chi connectivity index (χ3n) is 3.41. The lowest BCUT2D eigenvalue weighted by atomic mass is 9.92. The summed E-state index contributed by atoms with van der Waals surface area (Å²) in [7, 11) is 1.78. The fourth-order valence-corrected chi connectivity index (χ4v) is 1.84. The van der Waals surface area contributed by atoms with Gasteiger partial charge in [-0.05, 0) is 25.8 Å². The summed E-state index contributed by atoms with van der Waals surface area (Å²) in [5.74, 6) is 0.836. The minimum absolute atomic E-state index is 0.0110. The quantitative estimate of drug-likeness (QED) is 0.854. The van der Waals surface area contributed by atoms with Crippen molar-refractivity contribution in [3.05, 3.63) is 23.7 Å². The van der Waals surface area contributed by atoms with E-state index in [-0.39, 0.29) is 5.91 Å². The Hall–Kier alpha value is -1.29. The second-order valence-electron chi connectivity index (χ2n) is 4.53. The van der Waals surface area contributed by atoms with Gasteiger partial charge >= 0.3 is 0 Å². The zero-order valence-corrected chi connectivity index (χ0v) is 11.1. The molecule has 1 aromatic rings. The molecule has 1 aromatic heterocycles. The molecular weight excluding hydrogens is 216 g/mol. The van der Waals surface area contributed by atoms with Crippen molar-refractivity contribution in [2.75, 3.05) is 7.05 Å². The van der Waals surface area contributed by atoms with E-state index in [9.17, 15) is 4.79 Å². The first-order valence-corrected chi connectivity index (χ1v) is 6.02. The van der Waals surface area contributed by atoms with Gasteiger partial charge in [-0.1, -0.05) is 13.8 Å². The van der Waals surface area contributed by atoms with Gasteiger partial charge in [0.15, 0.2) is 0 Å². The predicted octanol–water partition coefficient (Wildman–Crippen LogP) is 2.06. The fourth-order valence-electron chi connectivity index (χ4n) is 1.84. The summed E-state index contributed by atoms with van der Waals surface area (Å²) in [5.41, 5.74) is 6.37. The van der Waals surface area contributed by atoms with Gasteiger partial charge in [-0.2, -0.15) is 0 Å². The van der Waals surface area contributed by atoms with Crippen LogP contribution in [0.4, 0.5) is 0 Å². The second-order valence-corrected chi connectivity index (χ2v) is 4.53. The molecule has 0 radical (unpaired) electrons. The molecule has 0 aliphatic rings. The van der Waals surface area contributed by atoms with Crippen LogP contribution in [0.2, 0.25) is 0 Å². The minimum Gasteiger partial charge on any atom is -0.469 e. The Morgan fingerprint density at radius 3 is 2.47 bits per heavy atom. The average molecular weight is 238 g/mol. The normalized spacial score (nSPS) is 11.6. The Morgan fingerprint density at radius 1 is 1.47 bits per heavy atom. The smallest absolute Gasteiger partial charge is 0.242 e. The summed E-state index contributed by atoms with van der Waals surface area (Å²) >= 11 is 0. The van der Waals surface area contributed by atoms with Crippen molar-refractivity contribution in [3.63, 3.8) is 0 Å². The standard InChI is InChI=1S/C13H22N2O2/c1-5-13(14,6-2)12(16)15(4)9-11-7-8-17-10(11)3/h7-8H,5-6,9,14H2,1-4H3. The van der Waals surface area contributed by atoms with E-state index in [1.54, 1.807) is 18.2 Å². The molecule has 0 spiro atoms. The van der Waals surface area contributed by atoms with Crippen molar-refractivity contribution in [2.24, 2.45) is 5.73 Å². The van der Waals surface area contributed by atoms with Crippen LogP contribution in [0.15, 0.2) is 16.7 Å². The number of amides is 1. The Kier molecular flexibility index (Phi) is 4.34. The Bertz CT molecular complexity index is 381. The van der Waals surface area contributed by atoms with E-state index in [2.05, 4.69) is 0 Å². The molecule has 1 rings (SSSR count). The third-order valence-corrected chi connectivity index (χ3v) is 3.41. The number of nitrogens with zero attached hydrogens (tertiary/aromatic N) is 1. The van der Waals surface area contributed by atoms with Crippen LogP contribution >= 0.6 is 0 Å². The zero-order valence-electron chi connectivity index (χ0n) is 11.1. The SMILES string of the molecule is CCC(N)(CC)C(=O)N(C)Cc1ccoc1C. The summed E-state index contributed by atoms with van der Waals surface area (Å²) in [6.45, 7) is 6.32. The molecule has 4 heteroatoms. The molecule has 1 heterocycles. The maximum absolute atomic E-state index is 12.2. The van der Waals surface area contributed by atoms with E-state index in [4.69, 9.17) is 10.2 Å². The number of carbonyl (C=O) groups is 1. The molecule has 0 bridgehead atoms. The van der Waals surface area contributed by atoms with Crippen LogP contribution in [0.5, 0.6) is 0 Å². The van der Waals surface area contributed by atoms with Crippen molar-refractivity contribution in [2.45, 2.75) is 45.7 Å². The van der Waals surface area contributed by atoms with Gasteiger partial charge in [0, 0.05) is 19.2 Å². The maximum atomic E-state index is 12.2. The van der Waals surface area contributed by atoms with Gasteiger partial charge < -0.3 is 15.1 Å². The van der Waals surface area contributed by atoms with Crippen molar-refractivity contribution in [1.29, 1.82) is 0 Å². The number of carbonyl (C=O) groups excluding carboxylic acids is 1. The van der Waals surface area contributed by atoms with Crippen LogP contribution < -0.4 is 5.73 Å². The van der Waals surface area contributed by atoms with E-state index in [1.165, 1.54) is 0 Å². The van der Waals surface area contributed by atoms with E-state index in [0.29, 0.717) is 19.4 Å². The fraction of sp³-hybridized carbons (Fsp3) is 0.615. The Morgan fingerprint density at radius 2 is 2.06 bits per heavy atom. The van der Waals surface area contributed by atoms with E-state index >= 15 is 0 Å². The molecule has 0 aliphatic carbocycles. The first kappa shape index (κ1) is 13.8. The molecule has 4 nitrogen and oxygen atoms in total. The van der Waals surface area contributed by atoms with Crippen molar-refractivity contribution in [1.82, 2.24) is 4.90 Å². The van der Waals surface area contributed by atoms with Gasteiger partial charge in [0.25, 0.3) is 0 Å². The van der Waals surface area contributed by atoms with Gasteiger partial charge in [0.1, 0.15) is 5.76 Å². The van der Waals surface area contributed by atoms with E-state index < -0.39 is 5.54 Å². The largest absolute Gasteiger partial charge is 0.469 e.